The molecule has 0 saturated heterocycles. The van der Waals surface area contributed by atoms with Gasteiger partial charge in [0, 0.05) is 18.6 Å². The average Bonchev–Trinajstić information content (AvgIpc) is 2.09. The van der Waals surface area contributed by atoms with Crippen LogP contribution in [0.5, 0.6) is 0 Å². The van der Waals surface area contributed by atoms with Crippen LogP contribution in [0.3, 0.4) is 0 Å². The van der Waals surface area contributed by atoms with Crippen molar-refractivity contribution in [2.45, 2.75) is 19.4 Å². The summed E-state index contributed by atoms with van der Waals surface area (Å²) in [6.07, 6.45) is 0.593. The lowest BCUT2D eigenvalue weighted by atomic mass is 10.1. The summed E-state index contributed by atoms with van der Waals surface area (Å²) < 4.78 is 18.2. The highest BCUT2D eigenvalue weighted by Crippen LogP contribution is 2.16. The van der Waals surface area contributed by atoms with Gasteiger partial charge in [0.2, 0.25) is 0 Å². The van der Waals surface area contributed by atoms with Crippen LogP contribution in [-0.2, 0) is 11.2 Å². The summed E-state index contributed by atoms with van der Waals surface area (Å²) in [5.74, 6) is -0.267. The lowest BCUT2D eigenvalue weighted by Gasteiger charge is -2.09. The molecule has 0 bridgehead atoms. The van der Waals surface area contributed by atoms with Gasteiger partial charge in [-0.3, -0.25) is 0 Å². The van der Waals surface area contributed by atoms with Crippen molar-refractivity contribution < 1.29 is 9.13 Å². The topological polar surface area (TPSA) is 9.23 Å². The van der Waals surface area contributed by atoms with Gasteiger partial charge in [0.1, 0.15) is 5.82 Å². The van der Waals surface area contributed by atoms with Crippen molar-refractivity contribution in [2.24, 2.45) is 0 Å². The zero-order chi connectivity index (χ0) is 9.84. The first-order valence-electron chi connectivity index (χ1n) is 4.10. The second kappa shape index (κ2) is 4.58. The van der Waals surface area contributed by atoms with Crippen LogP contribution in [0.2, 0.25) is 5.02 Å². The molecular formula is C10H12ClFO. The van der Waals surface area contributed by atoms with Crippen molar-refractivity contribution >= 4 is 11.6 Å². The Bertz CT molecular complexity index is 288. The van der Waals surface area contributed by atoms with Crippen LogP contribution in [0.25, 0.3) is 0 Å². The quantitative estimate of drug-likeness (QED) is 0.732. The van der Waals surface area contributed by atoms with Crippen LogP contribution in [0.15, 0.2) is 18.2 Å². The van der Waals surface area contributed by atoms with Gasteiger partial charge in [-0.15, -0.1) is 0 Å². The normalized spacial score (nSPS) is 12.9. The highest BCUT2D eigenvalue weighted by molar-refractivity contribution is 6.30. The molecular weight excluding hydrogens is 191 g/mol. The fraction of sp³-hybridized carbons (Fsp3) is 0.400. The van der Waals surface area contributed by atoms with E-state index in [9.17, 15) is 4.39 Å². The largest absolute Gasteiger partial charge is 0.381 e. The molecule has 1 unspecified atom stereocenters. The van der Waals surface area contributed by atoms with E-state index in [0.717, 1.165) is 0 Å². The Hall–Kier alpha value is -0.600. The first kappa shape index (κ1) is 10.5. The van der Waals surface area contributed by atoms with E-state index in [1.165, 1.54) is 6.07 Å². The molecule has 0 amide bonds. The summed E-state index contributed by atoms with van der Waals surface area (Å²) in [6, 6.07) is 4.69. The van der Waals surface area contributed by atoms with Crippen molar-refractivity contribution in [3.8, 4) is 0 Å². The predicted octanol–water partition coefficient (Wildman–Crippen LogP) is 3.06. The average molecular weight is 203 g/mol. The molecule has 0 radical (unpaired) electrons. The van der Waals surface area contributed by atoms with Crippen molar-refractivity contribution in [1.29, 1.82) is 0 Å². The van der Waals surface area contributed by atoms with E-state index in [1.807, 2.05) is 6.92 Å². The van der Waals surface area contributed by atoms with E-state index in [4.69, 9.17) is 16.3 Å². The van der Waals surface area contributed by atoms with Gasteiger partial charge >= 0.3 is 0 Å². The molecule has 1 rings (SSSR count). The third kappa shape index (κ3) is 2.98. The Kier molecular flexibility index (Phi) is 3.70. The van der Waals surface area contributed by atoms with Gasteiger partial charge in [0.15, 0.2) is 0 Å². The van der Waals surface area contributed by atoms with E-state index in [-0.39, 0.29) is 11.9 Å². The lowest BCUT2D eigenvalue weighted by Crippen LogP contribution is -2.09. The first-order valence-corrected chi connectivity index (χ1v) is 4.48. The highest BCUT2D eigenvalue weighted by atomic mass is 35.5. The van der Waals surface area contributed by atoms with E-state index in [1.54, 1.807) is 19.2 Å². The van der Waals surface area contributed by atoms with Gasteiger partial charge in [-0.05, 0) is 24.6 Å². The van der Waals surface area contributed by atoms with Crippen LogP contribution < -0.4 is 0 Å². The number of benzene rings is 1. The third-order valence-electron chi connectivity index (χ3n) is 1.92. The Morgan fingerprint density at radius 1 is 1.54 bits per heavy atom. The molecule has 0 aliphatic rings. The molecule has 0 saturated carbocycles. The molecule has 0 aromatic heterocycles. The van der Waals surface area contributed by atoms with Gasteiger partial charge in [-0.2, -0.15) is 0 Å². The number of halogens is 2. The summed E-state index contributed by atoms with van der Waals surface area (Å²) >= 11 is 5.62. The van der Waals surface area contributed by atoms with Crippen LogP contribution in [-0.4, -0.2) is 13.2 Å². The Morgan fingerprint density at radius 2 is 2.23 bits per heavy atom. The molecule has 1 atom stereocenters. The summed E-state index contributed by atoms with van der Waals surface area (Å²) in [6.45, 7) is 1.90. The number of hydrogen-bond acceptors (Lipinski definition) is 1. The zero-order valence-corrected chi connectivity index (χ0v) is 8.44. The highest BCUT2D eigenvalue weighted by Gasteiger charge is 2.06. The molecule has 0 heterocycles. The van der Waals surface area contributed by atoms with E-state index < -0.39 is 0 Å². The molecule has 3 heteroatoms. The molecule has 0 fully saturated rings. The number of ether oxygens (including phenoxy) is 1. The van der Waals surface area contributed by atoms with Crippen LogP contribution >= 0.6 is 11.6 Å². The van der Waals surface area contributed by atoms with Crippen molar-refractivity contribution in [3.63, 3.8) is 0 Å². The smallest absolute Gasteiger partial charge is 0.127 e. The van der Waals surface area contributed by atoms with Crippen molar-refractivity contribution in [3.05, 3.63) is 34.6 Å². The maximum atomic E-state index is 13.2. The molecule has 1 nitrogen and oxygen atoms in total. The Morgan fingerprint density at radius 3 is 2.77 bits per heavy atom. The van der Waals surface area contributed by atoms with Gasteiger partial charge < -0.3 is 4.74 Å². The monoisotopic (exact) mass is 202 g/mol. The maximum Gasteiger partial charge on any atom is 0.127 e. The predicted molar refractivity (Wildman–Crippen MR) is 51.6 cm³/mol. The number of methoxy groups -OCH3 is 1. The SMILES string of the molecule is COC(C)Cc1ccc(Cl)cc1F. The zero-order valence-electron chi connectivity index (χ0n) is 7.68. The number of rotatable bonds is 3. The number of hydrogen-bond donors (Lipinski definition) is 0. The second-order valence-corrected chi connectivity index (χ2v) is 3.42. The van der Waals surface area contributed by atoms with E-state index in [0.29, 0.717) is 17.0 Å². The molecule has 0 spiro atoms. The molecule has 0 aliphatic heterocycles. The molecule has 0 N–H and O–H groups in total. The maximum absolute atomic E-state index is 13.2. The summed E-state index contributed by atoms with van der Waals surface area (Å²) in [4.78, 5) is 0. The molecule has 1 aromatic rings. The third-order valence-corrected chi connectivity index (χ3v) is 2.16. The van der Waals surface area contributed by atoms with Gasteiger partial charge in [0.25, 0.3) is 0 Å². The Balaban J connectivity index is 2.77. The Labute approximate surface area is 82.5 Å². The van der Waals surface area contributed by atoms with Gasteiger partial charge in [-0.25, -0.2) is 4.39 Å². The van der Waals surface area contributed by atoms with Crippen molar-refractivity contribution in [1.82, 2.24) is 0 Å². The first-order chi connectivity index (χ1) is 6.13. The minimum Gasteiger partial charge on any atom is -0.381 e. The minimum absolute atomic E-state index is 0.0238. The van der Waals surface area contributed by atoms with Crippen LogP contribution in [0, 0.1) is 5.82 Å². The molecule has 1 aromatic carbocycles. The lowest BCUT2D eigenvalue weighted by molar-refractivity contribution is 0.118. The fourth-order valence-corrected chi connectivity index (χ4v) is 1.24. The molecule has 0 aliphatic carbocycles. The second-order valence-electron chi connectivity index (χ2n) is 2.99. The minimum atomic E-state index is -0.267. The van der Waals surface area contributed by atoms with Crippen LogP contribution in [0.1, 0.15) is 12.5 Å². The van der Waals surface area contributed by atoms with E-state index >= 15 is 0 Å². The standard InChI is InChI=1S/C10H12ClFO/c1-7(13-2)5-8-3-4-9(11)6-10(8)12/h3-4,6-7H,5H2,1-2H3. The molecule has 13 heavy (non-hydrogen) atoms. The van der Waals surface area contributed by atoms with Gasteiger partial charge in [-0.1, -0.05) is 17.7 Å². The molecule has 72 valence electrons. The van der Waals surface area contributed by atoms with Crippen LogP contribution in [0.4, 0.5) is 4.39 Å². The van der Waals surface area contributed by atoms with Crippen molar-refractivity contribution in [2.75, 3.05) is 7.11 Å². The van der Waals surface area contributed by atoms with Gasteiger partial charge in [0.05, 0.1) is 6.10 Å². The summed E-state index contributed by atoms with van der Waals surface area (Å²) in [5, 5.41) is 0.423. The fourth-order valence-electron chi connectivity index (χ4n) is 1.08. The van der Waals surface area contributed by atoms with E-state index in [2.05, 4.69) is 0 Å². The summed E-state index contributed by atoms with van der Waals surface area (Å²) in [5.41, 5.74) is 0.638. The summed E-state index contributed by atoms with van der Waals surface area (Å²) in [7, 11) is 1.61.